The number of rotatable bonds is 6. The Labute approximate surface area is 121 Å². The second-order valence-electron chi connectivity index (χ2n) is 4.71. The lowest BCUT2D eigenvalue weighted by atomic mass is 9.97. The number of methoxy groups -OCH3 is 1. The molecule has 1 amide bonds. The number of amides is 1. The van der Waals surface area contributed by atoms with Gasteiger partial charge in [-0.2, -0.15) is 5.26 Å². The normalized spacial score (nSPS) is 11.6. The van der Waals surface area contributed by atoms with Crippen molar-refractivity contribution in [3.05, 3.63) is 29.3 Å². The van der Waals surface area contributed by atoms with Crippen LogP contribution in [0.2, 0.25) is 0 Å². The maximum atomic E-state index is 12.3. The standard InChI is InChI=1S/C16H22N2O2/c1-5-18(6-2)16(19)14(11-17)10-13-9-12(3)7-8-15(13)20-4/h7-9,14H,5-6,10H2,1-4H3. The average Bonchev–Trinajstić information content (AvgIpc) is 2.46. The predicted octanol–water partition coefficient (Wildman–Crippen LogP) is 2.55. The fraction of sp³-hybridized carbons (Fsp3) is 0.500. The summed E-state index contributed by atoms with van der Waals surface area (Å²) in [5.41, 5.74) is 1.99. The molecule has 1 atom stereocenters. The summed E-state index contributed by atoms with van der Waals surface area (Å²) in [6.07, 6.45) is 0.386. The van der Waals surface area contributed by atoms with Gasteiger partial charge in [-0.25, -0.2) is 0 Å². The molecule has 0 radical (unpaired) electrons. The van der Waals surface area contributed by atoms with Crippen molar-refractivity contribution in [3.63, 3.8) is 0 Å². The number of carbonyl (C=O) groups excluding carboxylic acids is 1. The van der Waals surface area contributed by atoms with Crippen LogP contribution in [0.1, 0.15) is 25.0 Å². The third-order valence-corrected chi connectivity index (χ3v) is 3.39. The van der Waals surface area contributed by atoms with Crippen LogP contribution in [-0.4, -0.2) is 31.0 Å². The fourth-order valence-electron chi connectivity index (χ4n) is 2.23. The summed E-state index contributed by atoms with van der Waals surface area (Å²) in [5.74, 6) is -0.0464. The first-order chi connectivity index (χ1) is 9.57. The summed E-state index contributed by atoms with van der Waals surface area (Å²) in [6.45, 7) is 7.07. The Morgan fingerprint density at radius 1 is 1.40 bits per heavy atom. The summed E-state index contributed by atoms with van der Waals surface area (Å²) in [4.78, 5) is 14.0. The molecular formula is C16H22N2O2. The number of hydrogen-bond donors (Lipinski definition) is 0. The lowest BCUT2D eigenvalue weighted by Gasteiger charge is -2.22. The smallest absolute Gasteiger partial charge is 0.240 e. The molecule has 108 valence electrons. The Hall–Kier alpha value is -2.02. The van der Waals surface area contributed by atoms with Crippen molar-refractivity contribution in [1.29, 1.82) is 5.26 Å². The molecule has 0 aromatic heterocycles. The van der Waals surface area contributed by atoms with E-state index < -0.39 is 5.92 Å². The lowest BCUT2D eigenvalue weighted by molar-refractivity contribution is -0.133. The molecule has 4 nitrogen and oxygen atoms in total. The topological polar surface area (TPSA) is 53.3 Å². The van der Waals surface area contributed by atoms with Crippen molar-refractivity contribution in [2.45, 2.75) is 27.2 Å². The van der Waals surface area contributed by atoms with Crippen LogP contribution in [0.4, 0.5) is 0 Å². The van der Waals surface area contributed by atoms with E-state index in [0.717, 1.165) is 16.9 Å². The van der Waals surface area contributed by atoms with Crippen molar-refractivity contribution in [2.24, 2.45) is 5.92 Å². The molecule has 20 heavy (non-hydrogen) atoms. The monoisotopic (exact) mass is 274 g/mol. The molecule has 0 heterocycles. The molecule has 1 aromatic carbocycles. The molecule has 0 aliphatic carbocycles. The number of hydrogen-bond acceptors (Lipinski definition) is 3. The summed E-state index contributed by atoms with van der Waals surface area (Å²) in [5, 5.41) is 9.29. The Morgan fingerprint density at radius 2 is 2.05 bits per heavy atom. The number of carbonyl (C=O) groups is 1. The van der Waals surface area contributed by atoms with Gasteiger partial charge in [0.15, 0.2) is 0 Å². The van der Waals surface area contributed by atoms with E-state index in [1.807, 2.05) is 39.0 Å². The molecule has 0 saturated heterocycles. The van der Waals surface area contributed by atoms with Gasteiger partial charge in [-0.15, -0.1) is 0 Å². The van der Waals surface area contributed by atoms with E-state index in [-0.39, 0.29) is 5.91 Å². The highest BCUT2D eigenvalue weighted by atomic mass is 16.5. The lowest BCUT2D eigenvalue weighted by Crippen LogP contribution is -2.36. The first-order valence-corrected chi connectivity index (χ1v) is 6.89. The summed E-state index contributed by atoms with van der Waals surface area (Å²) >= 11 is 0. The summed E-state index contributed by atoms with van der Waals surface area (Å²) in [6, 6.07) is 7.92. The minimum atomic E-state index is -0.661. The molecule has 1 aromatic rings. The maximum absolute atomic E-state index is 12.3. The van der Waals surface area contributed by atoms with Crippen molar-refractivity contribution in [3.8, 4) is 11.8 Å². The predicted molar refractivity (Wildman–Crippen MR) is 78.5 cm³/mol. The van der Waals surface area contributed by atoms with Crippen molar-refractivity contribution < 1.29 is 9.53 Å². The van der Waals surface area contributed by atoms with E-state index in [1.54, 1.807) is 12.0 Å². The van der Waals surface area contributed by atoms with Crippen LogP contribution in [0.5, 0.6) is 5.75 Å². The molecule has 0 N–H and O–H groups in total. The van der Waals surface area contributed by atoms with Crippen molar-refractivity contribution in [2.75, 3.05) is 20.2 Å². The number of benzene rings is 1. The van der Waals surface area contributed by atoms with E-state index in [9.17, 15) is 10.1 Å². The maximum Gasteiger partial charge on any atom is 0.240 e. The minimum absolute atomic E-state index is 0.110. The Bertz CT molecular complexity index is 502. The van der Waals surface area contributed by atoms with Gasteiger partial charge in [-0.05, 0) is 32.4 Å². The molecule has 0 bridgehead atoms. The highest BCUT2D eigenvalue weighted by Gasteiger charge is 2.24. The first-order valence-electron chi connectivity index (χ1n) is 6.89. The zero-order chi connectivity index (χ0) is 15.1. The van der Waals surface area contributed by atoms with Gasteiger partial charge in [0.25, 0.3) is 0 Å². The highest BCUT2D eigenvalue weighted by Crippen LogP contribution is 2.23. The molecular weight excluding hydrogens is 252 g/mol. The molecule has 1 rings (SSSR count). The van der Waals surface area contributed by atoms with Crippen LogP contribution in [0, 0.1) is 24.2 Å². The molecule has 0 saturated carbocycles. The van der Waals surface area contributed by atoms with Crippen molar-refractivity contribution >= 4 is 5.91 Å². The van der Waals surface area contributed by atoms with Gasteiger partial charge < -0.3 is 9.64 Å². The van der Waals surface area contributed by atoms with Gasteiger partial charge in [0.05, 0.1) is 13.2 Å². The molecule has 0 aliphatic heterocycles. The SMILES string of the molecule is CCN(CC)C(=O)C(C#N)Cc1cc(C)ccc1OC. The Kier molecular flexibility index (Phi) is 6.05. The van der Waals surface area contributed by atoms with E-state index in [4.69, 9.17) is 4.74 Å². The zero-order valence-corrected chi connectivity index (χ0v) is 12.6. The minimum Gasteiger partial charge on any atom is -0.496 e. The average molecular weight is 274 g/mol. The fourth-order valence-corrected chi connectivity index (χ4v) is 2.23. The van der Waals surface area contributed by atoms with Gasteiger partial charge in [0.2, 0.25) is 5.91 Å². The molecule has 0 aliphatic rings. The van der Waals surface area contributed by atoms with E-state index in [2.05, 4.69) is 6.07 Å². The van der Waals surface area contributed by atoms with Gasteiger partial charge in [-0.1, -0.05) is 17.7 Å². The summed E-state index contributed by atoms with van der Waals surface area (Å²) < 4.78 is 5.30. The van der Waals surface area contributed by atoms with E-state index in [1.165, 1.54) is 0 Å². The van der Waals surface area contributed by atoms with Gasteiger partial charge in [0, 0.05) is 19.5 Å². The third kappa shape index (κ3) is 3.74. The highest BCUT2D eigenvalue weighted by molar-refractivity contribution is 5.81. The van der Waals surface area contributed by atoms with Crippen LogP contribution in [0.25, 0.3) is 0 Å². The van der Waals surface area contributed by atoms with Crippen LogP contribution >= 0.6 is 0 Å². The summed E-state index contributed by atoms with van der Waals surface area (Å²) in [7, 11) is 1.60. The zero-order valence-electron chi connectivity index (χ0n) is 12.6. The quantitative estimate of drug-likeness (QED) is 0.801. The second-order valence-corrected chi connectivity index (χ2v) is 4.71. The number of aryl methyl sites for hydroxylation is 1. The second kappa shape index (κ2) is 7.54. The Balaban J connectivity index is 2.97. The Morgan fingerprint density at radius 3 is 2.55 bits per heavy atom. The molecule has 4 heteroatoms. The number of nitriles is 1. The van der Waals surface area contributed by atoms with Crippen LogP contribution in [0.3, 0.4) is 0 Å². The first kappa shape index (κ1) is 16.0. The third-order valence-electron chi connectivity index (χ3n) is 3.39. The molecule has 0 fully saturated rings. The molecule has 1 unspecified atom stereocenters. The van der Waals surface area contributed by atoms with E-state index >= 15 is 0 Å². The van der Waals surface area contributed by atoms with E-state index in [0.29, 0.717) is 19.5 Å². The van der Waals surface area contributed by atoms with Crippen LogP contribution in [0.15, 0.2) is 18.2 Å². The van der Waals surface area contributed by atoms with Crippen LogP contribution in [-0.2, 0) is 11.2 Å². The largest absolute Gasteiger partial charge is 0.496 e. The van der Waals surface area contributed by atoms with Crippen molar-refractivity contribution in [1.82, 2.24) is 4.90 Å². The van der Waals surface area contributed by atoms with Gasteiger partial charge >= 0.3 is 0 Å². The molecule has 0 spiro atoms. The van der Waals surface area contributed by atoms with Gasteiger partial charge in [-0.3, -0.25) is 4.79 Å². The van der Waals surface area contributed by atoms with Crippen LogP contribution < -0.4 is 4.74 Å². The number of nitrogens with zero attached hydrogens (tertiary/aromatic N) is 2. The number of ether oxygens (including phenoxy) is 1. The van der Waals surface area contributed by atoms with Gasteiger partial charge in [0.1, 0.15) is 11.7 Å².